The molecule has 0 aromatic heterocycles. The lowest BCUT2D eigenvalue weighted by Gasteiger charge is -2.15. The standard InChI is InChI=1S/C14H13IO2/c1-10(16)17-14(9-15)13-7-6-11-4-2-3-5-12(11)8-13/h2-8,14H,9H2,1H3. The highest BCUT2D eigenvalue weighted by molar-refractivity contribution is 14.1. The maximum absolute atomic E-state index is 11.0. The molecule has 0 aliphatic rings. The number of fused-ring (bicyclic) bond motifs is 1. The largest absolute Gasteiger partial charge is 0.457 e. The maximum Gasteiger partial charge on any atom is 0.303 e. The number of hydrogen-bond donors (Lipinski definition) is 0. The van der Waals surface area contributed by atoms with Crippen LogP contribution in [0.1, 0.15) is 18.6 Å². The van der Waals surface area contributed by atoms with Gasteiger partial charge in [0, 0.05) is 11.4 Å². The van der Waals surface area contributed by atoms with E-state index in [-0.39, 0.29) is 12.1 Å². The SMILES string of the molecule is CC(=O)OC(CI)c1ccc2ccccc2c1. The molecule has 0 saturated heterocycles. The molecule has 1 unspecified atom stereocenters. The van der Waals surface area contributed by atoms with Gasteiger partial charge in [-0.15, -0.1) is 0 Å². The first-order chi connectivity index (χ1) is 8.20. The Morgan fingerprint density at radius 1 is 1.24 bits per heavy atom. The highest BCUT2D eigenvalue weighted by atomic mass is 127. The Balaban J connectivity index is 2.37. The number of carbonyl (C=O) groups excluding carboxylic acids is 1. The van der Waals surface area contributed by atoms with Crippen molar-refractivity contribution in [3.8, 4) is 0 Å². The van der Waals surface area contributed by atoms with Gasteiger partial charge in [-0.2, -0.15) is 0 Å². The fourth-order valence-corrected chi connectivity index (χ4v) is 2.49. The van der Waals surface area contributed by atoms with E-state index in [9.17, 15) is 4.79 Å². The van der Waals surface area contributed by atoms with Gasteiger partial charge in [0.1, 0.15) is 6.10 Å². The van der Waals surface area contributed by atoms with Crippen molar-refractivity contribution in [1.29, 1.82) is 0 Å². The lowest BCUT2D eigenvalue weighted by molar-refractivity contribution is -0.145. The Bertz CT molecular complexity index is 536. The molecule has 0 N–H and O–H groups in total. The molecule has 3 heteroatoms. The van der Waals surface area contributed by atoms with Crippen molar-refractivity contribution in [3.63, 3.8) is 0 Å². The Labute approximate surface area is 114 Å². The van der Waals surface area contributed by atoms with Crippen LogP contribution in [0.5, 0.6) is 0 Å². The van der Waals surface area contributed by atoms with Gasteiger partial charge in [-0.1, -0.05) is 59.0 Å². The zero-order chi connectivity index (χ0) is 12.3. The summed E-state index contributed by atoms with van der Waals surface area (Å²) in [5.74, 6) is -0.236. The van der Waals surface area contributed by atoms with Gasteiger partial charge in [0.05, 0.1) is 0 Å². The maximum atomic E-state index is 11.0. The number of rotatable bonds is 3. The first-order valence-corrected chi connectivity index (χ1v) is 6.95. The van der Waals surface area contributed by atoms with Crippen LogP contribution >= 0.6 is 22.6 Å². The fourth-order valence-electron chi connectivity index (χ4n) is 1.80. The lowest BCUT2D eigenvalue weighted by Crippen LogP contribution is -2.09. The molecular formula is C14H13IO2. The van der Waals surface area contributed by atoms with E-state index in [0.29, 0.717) is 0 Å². The van der Waals surface area contributed by atoms with Crippen LogP contribution in [0.3, 0.4) is 0 Å². The molecule has 17 heavy (non-hydrogen) atoms. The van der Waals surface area contributed by atoms with Crippen molar-refractivity contribution in [2.45, 2.75) is 13.0 Å². The number of alkyl halides is 1. The van der Waals surface area contributed by atoms with E-state index in [2.05, 4.69) is 46.9 Å². The molecule has 0 amide bonds. The molecule has 0 fully saturated rings. The summed E-state index contributed by atoms with van der Waals surface area (Å²) in [6, 6.07) is 14.3. The van der Waals surface area contributed by atoms with Gasteiger partial charge < -0.3 is 4.74 Å². The van der Waals surface area contributed by atoms with E-state index >= 15 is 0 Å². The highest BCUT2D eigenvalue weighted by Crippen LogP contribution is 2.24. The average Bonchev–Trinajstić information content (AvgIpc) is 2.35. The van der Waals surface area contributed by atoms with Gasteiger partial charge in [-0.25, -0.2) is 0 Å². The summed E-state index contributed by atoms with van der Waals surface area (Å²) in [5.41, 5.74) is 1.05. The van der Waals surface area contributed by atoms with Crippen LogP contribution in [-0.4, -0.2) is 10.4 Å². The number of carbonyl (C=O) groups is 1. The molecule has 0 spiro atoms. The molecular weight excluding hydrogens is 327 g/mol. The van der Waals surface area contributed by atoms with E-state index in [1.165, 1.54) is 17.7 Å². The molecule has 0 radical (unpaired) electrons. The lowest BCUT2D eigenvalue weighted by atomic mass is 10.0. The Morgan fingerprint density at radius 2 is 1.94 bits per heavy atom. The zero-order valence-electron chi connectivity index (χ0n) is 9.52. The number of hydrogen-bond acceptors (Lipinski definition) is 2. The molecule has 88 valence electrons. The molecule has 2 nitrogen and oxygen atoms in total. The molecule has 2 aromatic rings. The van der Waals surface area contributed by atoms with Crippen LogP contribution < -0.4 is 0 Å². The molecule has 0 aliphatic heterocycles. The van der Waals surface area contributed by atoms with Gasteiger partial charge in [-0.05, 0) is 22.4 Å². The number of benzene rings is 2. The second-order valence-corrected chi connectivity index (χ2v) is 4.74. The summed E-state index contributed by atoms with van der Waals surface area (Å²) in [7, 11) is 0. The summed E-state index contributed by atoms with van der Waals surface area (Å²) in [4.78, 5) is 11.0. The highest BCUT2D eigenvalue weighted by Gasteiger charge is 2.13. The van der Waals surface area contributed by atoms with E-state index in [0.717, 1.165) is 9.99 Å². The van der Waals surface area contributed by atoms with Crippen LogP contribution in [0.4, 0.5) is 0 Å². The second-order valence-electron chi connectivity index (χ2n) is 3.86. The number of halogens is 1. The molecule has 1 atom stereocenters. The van der Waals surface area contributed by atoms with Crippen molar-refractivity contribution < 1.29 is 9.53 Å². The number of esters is 1. The van der Waals surface area contributed by atoms with Gasteiger partial charge in [0.15, 0.2) is 0 Å². The predicted molar refractivity (Wildman–Crippen MR) is 77.3 cm³/mol. The van der Waals surface area contributed by atoms with Crippen molar-refractivity contribution in [3.05, 3.63) is 48.0 Å². The molecule has 0 saturated carbocycles. The van der Waals surface area contributed by atoms with E-state index in [1.54, 1.807) is 0 Å². The predicted octanol–water partition coefficient (Wildman–Crippen LogP) is 3.88. The van der Waals surface area contributed by atoms with Crippen LogP contribution in [0.2, 0.25) is 0 Å². The first-order valence-electron chi connectivity index (χ1n) is 5.42. The van der Waals surface area contributed by atoms with Gasteiger partial charge in [-0.3, -0.25) is 4.79 Å². The summed E-state index contributed by atoms with van der Waals surface area (Å²) in [5, 5.41) is 2.37. The van der Waals surface area contributed by atoms with Crippen LogP contribution in [-0.2, 0) is 9.53 Å². The Hall–Kier alpha value is -1.10. The van der Waals surface area contributed by atoms with Crippen LogP contribution in [0.15, 0.2) is 42.5 Å². The molecule has 0 bridgehead atoms. The molecule has 2 rings (SSSR count). The summed E-state index contributed by atoms with van der Waals surface area (Å²) >= 11 is 2.23. The second kappa shape index (κ2) is 5.49. The van der Waals surface area contributed by atoms with Crippen molar-refractivity contribution in [2.24, 2.45) is 0 Å². The van der Waals surface area contributed by atoms with Gasteiger partial charge in [0.2, 0.25) is 0 Å². The first kappa shape index (κ1) is 12.4. The van der Waals surface area contributed by atoms with E-state index < -0.39 is 0 Å². The van der Waals surface area contributed by atoms with Crippen molar-refractivity contribution in [1.82, 2.24) is 0 Å². The van der Waals surface area contributed by atoms with Gasteiger partial charge in [0.25, 0.3) is 0 Å². The number of ether oxygens (including phenoxy) is 1. The van der Waals surface area contributed by atoms with Gasteiger partial charge >= 0.3 is 5.97 Å². The van der Waals surface area contributed by atoms with E-state index in [4.69, 9.17) is 4.74 Å². The fraction of sp³-hybridized carbons (Fsp3) is 0.214. The smallest absolute Gasteiger partial charge is 0.303 e. The Kier molecular flexibility index (Phi) is 3.99. The third-order valence-electron chi connectivity index (χ3n) is 2.59. The minimum absolute atomic E-state index is 0.155. The zero-order valence-corrected chi connectivity index (χ0v) is 11.7. The normalized spacial score (nSPS) is 12.4. The molecule has 0 heterocycles. The van der Waals surface area contributed by atoms with Crippen LogP contribution in [0.25, 0.3) is 10.8 Å². The van der Waals surface area contributed by atoms with Crippen molar-refractivity contribution in [2.75, 3.05) is 4.43 Å². The topological polar surface area (TPSA) is 26.3 Å². The minimum atomic E-state index is -0.236. The summed E-state index contributed by atoms with van der Waals surface area (Å²) in [6.45, 7) is 1.44. The third-order valence-corrected chi connectivity index (χ3v) is 3.39. The van der Waals surface area contributed by atoms with E-state index in [1.807, 2.05) is 18.2 Å². The van der Waals surface area contributed by atoms with Crippen molar-refractivity contribution >= 4 is 39.3 Å². The average molecular weight is 340 g/mol. The summed E-state index contributed by atoms with van der Waals surface area (Å²) in [6.07, 6.45) is -0.155. The quantitative estimate of drug-likeness (QED) is 0.482. The molecule has 2 aromatic carbocycles. The monoisotopic (exact) mass is 340 g/mol. The Morgan fingerprint density at radius 3 is 2.59 bits per heavy atom. The minimum Gasteiger partial charge on any atom is -0.457 e. The third kappa shape index (κ3) is 2.97. The van der Waals surface area contributed by atoms with Crippen LogP contribution in [0, 0.1) is 0 Å². The molecule has 0 aliphatic carbocycles. The summed E-state index contributed by atoms with van der Waals surface area (Å²) < 4.78 is 6.05.